The van der Waals surface area contributed by atoms with E-state index < -0.39 is 5.97 Å². The van der Waals surface area contributed by atoms with Crippen LogP contribution < -0.4 is 9.47 Å². The smallest absolute Gasteiger partial charge is 0.343 e. The molecule has 0 N–H and O–H groups in total. The summed E-state index contributed by atoms with van der Waals surface area (Å²) in [5, 5.41) is 0. The highest BCUT2D eigenvalue weighted by molar-refractivity contribution is 5.92. The molecule has 0 radical (unpaired) electrons. The van der Waals surface area contributed by atoms with Gasteiger partial charge in [-0.15, -0.1) is 0 Å². The summed E-state index contributed by atoms with van der Waals surface area (Å²) in [7, 11) is 0. The molecule has 5 heteroatoms. The average Bonchev–Trinajstić information content (AvgIpc) is 2.61. The van der Waals surface area contributed by atoms with Crippen molar-refractivity contribution in [2.75, 3.05) is 13.2 Å². The third kappa shape index (κ3) is 4.84. The molecule has 0 aromatic heterocycles. The molecule has 0 aliphatic heterocycles. The van der Waals surface area contributed by atoms with Gasteiger partial charge in [0.2, 0.25) is 0 Å². The Labute approximate surface area is 141 Å². The molecule has 0 saturated heterocycles. The average molecular weight is 328 g/mol. The van der Waals surface area contributed by atoms with Gasteiger partial charge in [0, 0.05) is 0 Å². The second-order valence-corrected chi connectivity index (χ2v) is 5.01. The summed E-state index contributed by atoms with van der Waals surface area (Å²) in [6.07, 6.45) is 0.766. The van der Waals surface area contributed by atoms with E-state index in [9.17, 15) is 9.59 Å². The van der Waals surface area contributed by atoms with Crippen molar-refractivity contribution in [3.63, 3.8) is 0 Å². The van der Waals surface area contributed by atoms with E-state index in [1.165, 1.54) is 0 Å². The summed E-state index contributed by atoms with van der Waals surface area (Å²) in [5.41, 5.74) is 0.814. The third-order valence-corrected chi connectivity index (χ3v) is 3.12. The molecule has 2 aromatic carbocycles. The van der Waals surface area contributed by atoms with Crippen molar-refractivity contribution < 1.29 is 23.8 Å². The molecule has 0 aliphatic carbocycles. The van der Waals surface area contributed by atoms with Gasteiger partial charge in [0.25, 0.3) is 0 Å². The van der Waals surface area contributed by atoms with Crippen LogP contribution in [0.4, 0.5) is 0 Å². The van der Waals surface area contributed by atoms with Crippen LogP contribution in [0.5, 0.6) is 11.5 Å². The van der Waals surface area contributed by atoms with Gasteiger partial charge in [0.05, 0.1) is 24.3 Å². The molecule has 5 nitrogen and oxygen atoms in total. The van der Waals surface area contributed by atoms with Gasteiger partial charge in [-0.05, 0) is 55.8 Å². The van der Waals surface area contributed by atoms with Gasteiger partial charge >= 0.3 is 11.9 Å². The Balaban J connectivity index is 2.01. The standard InChI is InChI=1S/C19H20O5/c1-3-12-23-18(20)14-8-10-16(11-9-14)24-19(21)15-6-5-7-17(13-15)22-4-2/h5-11,13H,3-4,12H2,1-2H3. The minimum atomic E-state index is -0.488. The number of hydrogen-bond donors (Lipinski definition) is 0. The fourth-order valence-electron chi connectivity index (χ4n) is 1.98. The number of rotatable bonds is 7. The first kappa shape index (κ1) is 17.5. The van der Waals surface area contributed by atoms with Gasteiger partial charge in [-0.25, -0.2) is 9.59 Å². The normalized spacial score (nSPS) is 10.1. The molecule has 0 fully saturated rings. The van der Waals surface area contributed by atoms with Crippen LogP contribution in [-0.2, 0) is 4.74 Å². The fourth-order valence-corrected chi connectivity index (χ4v) is 1.98. The molecule has 0 aliphatic rings. The number of hydrogen-bond acceptors (Lipinski definition) is 5. The first-order chi connectivity index (χ1) is 11.6. The zero-order chi connectivity index (χ0) is 17.4. The summed E-state index contributed by atoms with van der Waals surface area (Å²) in [6.45, 7) is 4.70. The number of ether oxygens (including phenoxy) is 3. The topological polar surface area (TPSA) is 61.8 Å². The van der Waals surface area contributed by atoms with Crippen LogP contribution in [0.15, 0.2) is 48.5 Å². The minimum absolute atomic E-state index is 0.355. The van der Waals surface area contributed by atoms with E-state index in [-0.39, 0.29) is 5.97 Å². The van der Waals surface area contributed by atoms with Crippen LogP contribution >= 0.6 is 0 Å². The van der Waals surface area contributed by atoms with Crippen LogP contribution in [-0.4, -0.2) is 25.2 Å². The lowest BCUT2D eigenvalue weighted by Crippen LogP contribution is -2.09. The molecule has 24 heavy (non-hydrogen) atoms. The molecular formula is C19H20O5. The molecular weight excluding hydrogens is 308 g/mol. The molecule has 0 saturated carbocycles. The van der Waals surface area contributed by atoms with Crippen LogP contribution in [0.25, 0.3) is 0 Å². The highest BCUT2D eigenvalue weighted by atomic mass is 16.5. The van der Waals surface area contributed by atoms with Crippen LogP contribution in [0.1, 0.15) is 41.0 Å². The molecule has 126 valence electrons. The van der Waals surface area contributed by atoms with Crippen LogP contribution in [0.2, 0.25) is 0 Å². The largest absolute Gasteiger partial charge is 0.494 e. The molecule has 0 atom stereocenters. The summed E-state index contributed by atoms with van der Waals surface area (Å²) in [5.74, 6) is 0.0897. The Hall–Kier alpha value is -2.82. The Kier molecular flexibility index (Phi) is 6.37. The van der Waals surface area contributed by atoms with Crippen molar-refractivity contribution >= 4 is 11.9 Å². The summed E-state index contributed by atoms with van der Waals surface area (Å²) in [6, 6.07) is 13.0. The van der Waals surface area contributed by atoms with Crippen molar-refractivity contribution in [1.29, 1.82) is 0 Å². The van der Waals surface area contributed by atoms with Gasteiger partial charge in [0.15, 0.2) is 0 Å². The number of carbonyl (C=O) groups is 2. The predicted octanol–water partition coefficient (Wildman–Crippen LogP) is 3.87. The molecule has 0 spiro atoms. The van der Waals surface area contributed by atoms with E-state index in [2.05, 4.69) is 0 Å². The van der Waals surface area contributed by atoms with Gasteiger partial charge in [-0.2, -0.15) is 0 Å². The number of carbonyl (C=O) groups excluding carboxylic acids is 2. The summed E-state index contributed by atoms with van der Waals surface area (Å²) < 4.78 is 15.7. The SMILES string of the molecule is CCCOC(=O)c1ccc(OC(=O)c2cccc(OCC)c2)cc1. The summed E-state index contributed by atoms with van der Waals surface area (Å²) >= 11 is 0. The lowest BCUT2D eigenvalue weighted by atomic mass is 10.2. The van der Waals surface area contributed by atoms with Crippen molar-refractivity contribution in [2.45, 2.75) is 20.3 Å². The maximum absolute atomic E-state index is 12.2. The van der Waals surface area contributed by atoms with Crippen molar-refractivity contribution in [3.8, 4) is 11.5 Å². The molecule has 0 bridgehead atoms. The third-order valence-electron chi connectivity index (χ3n) is 3.12. The van der Waals surface area contributed by atoms with Crippen molar-refractivity contribution in [1.82, 2.24) is 0 Å². The minimum Gasteiger partial charge on any atom is -0.494 e. The lowest BCUT2D eigenvalue weighted by Gasteiger charge is -2.07. The van der Waals surface area contributed by atoms with Crippen molar-refractivity contribution in [3.05, 3.63) is 59.7 Å². The van der Waals surface area contributed by atoms with E-state index >= 15 is 0 Å². The zero-order valence-corrected chi connectivity index (χ0v) is 13.8. The van der Waals surface area contributed by atoms with Crippen LogP contribution in [0, 0.1) is 0 Å². The molecule has 2 rings (SSSR count). The second kappa shape index (κ2) is 8.72. The number of esters is 2. The van der Waals surface area contributed by atoms with Gasteiger partial charge in [0.1, 0.15) is 11.5 Å². The van der Waals surface area contributed by atoms with E-state index in [0.717, 1.165) is 6.42 Å². The van der Waals surface area contributed by atoms with Gasteiger partial charge in [-0.1, -0.05) is 13.0 Å². The van der Waals surface area contributed by atoms with E-state index in [0.29, 0.717) is 35.8 Å². The van der Waals surface area contributed by atoms with E-state index in [1.807, 2.05) is 13.8 Å². The molecule has 0 amide bonds. The second-order valence-electron chi connectivity index (χ2n) is 5.01. The predicted molar refractivity (Wildman–Crippen MR) is 89.6 cm³/mol. The highest BCUT2D eigenvalue weighted by Crippen LogP contribution is 2.18. The Bertz CT molecular complexity index is 691. The molecule has 2 aromatic rings. The van der Waals surface area contributed by atoms with Crippen molar-refractivity contribution in [2.24, 2.45) is 0 Å². The maximum atomic E-state index is 12.2. The van der Waals surface area contributed by atoms with Gasteiger partial charge in [-0.3, -0.25) is 0 Å². The van der Waals surface area contributed by atoms with Crippen LogP contribution in [0.3, 0.4) is 0 Å². The Morgan fingerprint density at radius 3 is 2.29 bits per heavy atom. The zero-order valence-electron chi connectivity index (χ0n) is 13.8. The molecule has 0 heterocycles. The maximum Gasteiger partial charge on any atom is 0.343 e. The van der Waals surface area contributed by atoms with E-state index in [1.54, 1.807) is 48.5 Å². The number of benzene rings is 2. The quantitative estimate of drug-likeness (QED) is 0.570. The highest BCUT2D eigenvalue weighted by Gasteiger charge is 2.11. The fraction of sp³-hybridized carbons (Fsp3) is 0.263. The first-order valence-corrected chi connectivity index (χ1v) is 7.86. The monoisotopic (exact) mass is 328 g/mol. The summed E-state index contributed by atoms with van der Waals surface area (Å²) in [4.78, 5) is 23.9. The Morgan fingerprint density at radius 2 is 1.62 bits per heavy atom. The Morgan fingerprint density at radius 1 is 0.875 bits per heavy atom. The lowest BCUT2D eigenvalue weighted by molar-refractivity contribution is 0.0505. The molecule has 0 unspecified atom stereocenters. The van der Waals surface area contributed by atoms with E-state index in [4.69, 9.17) is 14.2 Å². The first-order valence-electron chi connectivity index (χ1n) is 7.86. The van der Waals surface area contributed by atoms with Gasteiger partial charge < -0.3 is 14.2 Å².